The molecule has 0 unspecified atom stereocenters. The first-order valence-electron chi connectivity index (χ1n) is 4.69. The fourth-order valence-electron chi connectivity index (χ4n) is 1.68. The minimum Gasteiger partial charge on any atom is -0.477 e. The van der Waals surface area contributed by atoms with Crippen LogP contribution in [0.25, 0.3) is 0 Å². The highest BCUT2D eigenvalue weighted by atomic mass is 16.5. The van der Waals surface area contributed by atoms with Gasteiger partial charge in [0.1, 0.15) is 0 Å². The lowest BCUT2D eigenvalue weighted by molar-refractivity contribution is 0.0966. The maximum absolute atomic E-state index is 10.8. The van der Waals surface area contributed by atoms with E-state index in [2.05, 4.69) is 18.9 Å². The van der Waals surface area contributed by atoms with Crippen molar-refractivity contribution < 1.29 is 9.53 Å². The summed E-state index contributed by atoms with van der Waals surface area (Å²) in [5, 5.41) is 4.28. The van der Waals surface area contributed by atoms with Gasteiger partial charge in [-0.25, -0.2) is 4.68 Å². The van der Waals surface area contributed by atoms with E-state index in [1.165, 1.54) is 0 Å². The van der Waals surface area contributed by atoms with Gasteiger partial charge in [0.2, 0.25) is 5.88 Å². The van der Waals surface area contributed by atoms with Crippen molar-refractivity contribution in [2.24, 2.45) is 5.41 Å². The lowest BCUT2D eigenvalue weighted by Crippen LogP contribution is -2.33. The largest absolute Gasteiger partial charge is 0.477 e. The van der Waals surface area contributed by atoms with Gasteiger partial charge in [-0.05, 0) is 6.92 Å². The number of ether oxygens (including phenoxy) is 1. The quantitative estimate of drug-likeness (QED) is 0.635. The van der Waals surface area contributed by atoms with E-state index in [1.807, 2.05) is 6.92 Å². The van der Waals surface area contributed by atoms with Crippen LogP contribution in [0.15, 0.2) is 0 Å². The van der Waals surface area contributed by atoms with Crippen LogP contribution >= 0.6 is 0 Å². The second-order valence-corrected chi connectivity index (χ2v) is 4.53. The van der Waals surface area contributed by atoms with Gasteiger partial charge >= 0.3 is 0 Å². The summed E-state index contributed by atoms with van der Waals surface area (Å²) in [5.74, 6) is 0.622. The van der Waals surface area contributed by atoms with E-state index in [0.29, 0.717) is 18.1 Å². The summed E-state index contributed by atoms with van der Waals surface area (Å²) in [5.41, 5.74) is 1.42. The van der Waals surface area contributed by atoms with Gasteiger partial charge in [-0.3, -0.25) is 4.79 Å². The molecule has 0 saturated carbocycles. The molecule has 4 nitrogen and oxygen atoms in total. The van der Waals surface area contributed by atoms with Gasteiger partial charge in [-0.2, -0.15) is 5.10 Å². The van der Waals surface area contributed by atoms with E-state index >= 15 is 0 Å². The third kappa shape index (κ3) is 1.31. The van der Waals surface area contributed by atoms with Crippen LogP contribution < -0.4 is 4.74 Å². The Labute approximate surface area is 82.9 Å². The molecule has 2 heterocycles. The van der Waals surface area contributed by atoms with Gasteiger partial charge in [0.15, 0.2) is 6.29 Å². The third-order valence-corrected chi connectivity index (χ3v) is 2.42. The zero-order valence-corrected chi connectivity index (χ0v) is 8.70. The average Bonchev–Trinajstić information content (AvgIpc) is 2.37. The maximum Gasteiger partial charge on any atom is 0.222 e. The van der Waals surface area contributed by atoms with Crippen LogP contribution in [-0.4, -0.2) is 22.7 Å². The third-order valence-electron chi connectivity index (χ3n) is 2.42. The fraction of sp³-hybridized carbons (Fsp3) is 0.600. The summed E-state index contributed by atoms with van der Waals surface area (Å²) in [4.78, 5) is 10.8. The van der Waals surface area contributed by atoms with Gasteiger partial charge in [0.25, 0.3) is 0 Å². The van der Waals surface area contributed by atoms with Gasteiger partial charge in [0.05, 0.1) is 24.4 Å². The molecule has 2 rings (SSSR count). The summed E-state index contributed by atoms with van der Waals surface area (Å²) < 4.78 is 7.33. The first-order valence-corrected chi connectivity index (χ1v) is 4.69. The number of carbonyl (C=O) groups excluding carboxylic acids is 1. The van der Waals surface area contributed by atoms with Crippen LogP contribution in [0.3, 0.4) is 0 Å². The number of aromatic nitrogens is 2. The normalized spacial score (nSPS) is 18.5. The number of rotatable bonds is 1. The first kappa shape index (κ1) is 9.24. The Bertz CT molecular complexity index is 380. The molecule has 1 aromatic heterocycles. The second kappa shape index (κ2) is 2.83. The van der Waals surface area contributed by atoms with Gasteiger partial charge < -0.3 is 4.74 Å². The van der Waals surface area contributed by atoms with Crippen molar-refractivity contribution in [3.05, 3.63) is 11.3 Å². The van der Waals surface area contributed by atoms with Crippen LogP contribution in [0.4, 0.5) is 0 Å². The van der Waals surface area contributed by atoms with E-state index in [4.69, 9.17) is 4.74 Å². The molecule has 0 aliphatic carbocycles. The minimum absolute atomic E-state index is 0.0889. The highest BCUT2D eigenvalue weighted by Crippen LogP contribution is 2.31. The van der Waals surface area contributed by atoms with Crippen molar-refractivity contribution in [3.8, 4) is 5.88 Å². The first-order chi connectivity index (χ1) is 6.53. The highest BCUT2D eigenvalue weighted by Gasteiger charge is 2.30. The Kier molecular flexibility index (Phi) is 1.87. The summed E-state index contributed by atoms with van der Waals surface area (Å²) in [6.45, 7) is 7.50. The maximum atomic E-state index is 10.8. The topological polar surface area (TPSA) is 44.1 Å². The van der Waals surface area contributed by atoms with Crippen molar-refractivity contribution in [3.63, 3.8) is 0 Å². The van der Waals surface area contributed by atoms with Crippen molar-refractivity contribution in [1.82, 2.24) is 9.78 Å². The molecule has 1 aliphatic rings. The number of aryl methyl sites for hydroxylation is 1. The lowest BCUT2D eigenvalue weighted by Gasteiger charge is -2.30. The Balaban J connectivity index is 2.46. The molecule has 0 radical (unpaired) electrons. The molecule has 0 N–H and O–H groups in total. The van der Waals surface area contributed by atoms with Crippen molar-refractivity contribution in [2.45, 2.75) is 27.3 Å². The Hall–Kier alpha value is -1.32. The summed E-state index contributed by atoms with van der Waals surface area (Å²) in [6, 6.07) is 0. The zero-order chi connectivity index (χ0) is 10.3. The number of nitrogens with zero attached hydrogens (tertiary/aromatic N) is 2. The number of hydrogen-bond acceptors (Lipinski definition) is 3. The number of carbonyl (C=O) groups is 1. The van der Waals surface area contributed by atoms with Crippen LogP contribution in [0.5, 0.6) is 5.88 Å². The molecule has 4 heteroatoms. The molecular formula is C10H14N2O2. The van der Waals surface area contributed by atoms with E-state index in [-0.39, 0.29) is 5.41 Å². The second-order valence-electron chi connectivity index (χ2n) is 4.53. The summed E-state index contributed by atoms with van der Waals surface area (Å²) in [7, 11) is 0. The molecule has 1 aromatic rings. The molecule has 0 bridgehead atoms. The van der Waals surface area contributed by atoms with E-state index in [9.17, 15) is 4.79 Å². The Morgan fingerprint density at radius 1 is 1.57 bits per heavy atom. The highest BCUT2D eigenvalue weighted by molar-refractivity contribution is 5.80. The van der Waals surface area contributed by atoms with Gasteiger partial charge in [-0.1, -0.05) is 13.8 Å². The molecule has 14 heavy (non-hydrogen) atoms. The predicted molar refractivity (Wildman–Crippen MR) is 51.6 cm³/mol. The predicted octanol–water partition coefficient (Wildman–Crippen LogP) is 1.42. The number of aldehydes is 1. The number of fused-ring (bicyclic) bond motifs is 1. The minimum atomic E-state index is 0.0889. The van der Waals surface area contributed by atoms with Crippen molar-refractivity contribution >= 4 is 6.29 Å². The van der Waals surface area contributed by atoms with Crippen LogP contribution in [0.2, 0.25) is 0 Å². The van der Waals surface area contributed by atoms with Gasteiger partial charge in [-0.15, -0.1) is 0 Å². The summed E-state index contributed by atoms with van der Waals surface area (Å²) in [6.07, 6.45) is 0.812. The van der Waals surface area contributed by atoms with Crippen LogP contribution in [-0.2, 0) is 6.54 Å². The standard InChI is InChI=1S/C10H14N2O2/c1-7-8(4-13)9-12(11-7)5-10(2,3)6-14-9/h4H,5-6H2,1-3H3. The smallest absolute Gasteiger partial charge is 0.222 e. The Morgan fingerprint density at radius 3 is 2.93 bits per heavy atom. The monoisotopic (exact) mass is 194 g/mol. The molecule has 1 aliphatic heterocycles. The average molecular weight is 194 g/mol. The molecule has 0 spiro atoms. The van der Waals surface area contributed by atoms with Crippen molar-refractivity contribution in [1.29, 1.82) is 0 Å². The SMILES string of the molecule is Cc1nn2c(c1C=O)OCC(C)(C)C2. The molecule has 0 aromatic carbocycles. The Morgan fingerprint density at radius 2 is 2.29 bits per heavy atom. The van der Waals surface area contributed by atoms with Crippen LogP contribution in [0, 0.1) is 12.3 Å². The molecule has 0 atom stereocenters. The fourth-order valence-corrected chi connectivity index (χ4v) is 1.68. The molecular weight excluding hydrogens is 180 g/mol. The molecule has 0 amide bonds. The van der Waals surface area contributed by atoms with E-state index < -0.39 is 0 Å². The number of hydrogen-bond donors (Lipinski definition) is 0. The van der Waals surface area contributed by atoms with Gasteiger partial charge in [0, 0.05) is 5.41 Å². The molecule has 76 valence electrons. The van der Waals surface area contributed by atoms with Crippen molar-refractivity contribution in [2.75, 3.05) is 6.61 Å². The zero-order valence-electron chi connectivity index (χ0n) is 8.70. The lowest BCUT2D eigenvalue weighted by atomic mass is 9.94. The van der Waals surface area contributed by atoms with Crippen LogP contribution in [0.1, 0.15) is 29.9 Å². The van der Waals surface area contributed by atoms with E-state index in [1.54, 1.807) is 4.68 Å². The summed E-state index contributed by atoms with van der Waals surface area (Å²) >= 11 is 0. The van der Waals surface area contributed by atoms with E-state index in [0.717, 1.165) is 18.5 Å². The molecule has 0 saturated heterocycles. The molecule has 0 fully saturated rings.